The van der Waals surface area contributed by atoms with Crippen LogP contribution in [0.1, 0.15) is 21.6 Å². The van der Waals surface area contributed by atoms with E-state index in [-0.39, 0.29) is 17.1 Å². The molecule has 1 heterocycles. The van der Waals surface area contributed by atoms with Gasteiger partial charge in [0.1, 0.15) is 5.69 Å². The Labute approximate surface area is 179 Å². The highest BCUT2D eigenvalue weighted by molar-refractivity contribution is 7.81. The number of rotatable bonds is 6. The summed E-state index contributed by atoms with van der Waals surface area (Å²) in [6.45, 7) is 0. The largest absolute Gasteiger partial charge is 0.755 e. The monoisotopic (exact) mass is 438 g/mol. The molecule has 4 rings (SSSR count). The maximum absolute atomic E-state index is 12.5. The molecule has 0 fully saturated rings. The van der Waals surface area contributed by atoms with Gasteiger partial charge in [0.05, 0.1) is 41.4 Å². The lowest BCUT2D eigenvalue weighted by atomic mass is 10.0. The molecule has 0 saturated carbocycles. The number of nitrogens with zero attached hydrogens (tertiary/aromatic N) is 3. The van der Waals surface area contributed by atoms with Crippen molar-refractivity contribution in [2.45, 2.75) is 6.42 Å². The fourth-order valence-corrected chi connectivity index (χ4v) is 4.39. The average molecular weight is 439 g/mol. The quantitative estimate of drug-likeness (QED) is 0.334. The molecule has 0 radical (unpaired) electrons. The molecule has 0 aliphatic rings. The van der Waals surface area contributed by atoms with Crippen molar-refractivity contribution in [2.75, 3.05) is 11.4 Å². The van der Waals surface area contributed by atoms with Gasteiger partial charge in [-0.2, -0.15) is 8.75 Å². The van der Waals surface area contributed by atoms with Crippen molar-refractivity contribution in [1.29, 1.82) is 0 Å². The Hall–Kier alpha value is -3.14. The lowest BCUT2D eigenvalue weighted by Gasteiger charge is -2.27. The summed E-state index contributed by atoms with van der Waals surface area (Å²) in [6.07, 6.45) is 0.404. The van der Waals surface area contributed by atoms with Crippen LogP contribution in [0.5, 0.6) is 0 Å². The van der Waals surface area contributed by atoms with Crippen molar-refractivity contribution < 1.29 is 18.3 Å². The summed E-state index contributed by atoms with van der Waals surface area (Å²) in [5.41, 5.74) is 1.75. The second kappa shape index (κ2) is 8.70. The van der Waals surface area contributed by atoms with Crippen molar-refractivity contribution in [2.24, 2.45) is 0 Å². The van der Waals surface area contributed by atoms with Crippen molar-refractivity contribution in [3.8, 4) is 0 Å². The first-order chi connectivity index (χ1) is 14.6. The molecule has 0 spiro atoms. The van der Waals surface area contributed by atoms with Crippen LogP contribution >= 0.6 is 11.7 Å². The van der Waals surface area contributed by atoms with E-state index in [1.165, 1.54) is 7.11 Å². The van der Waals surface area contributed by atoms with E-state index in [2.05, 4.69) is 8.75 Å². The zero-order valence-electron chi connectivity index (χ0n) is 15.8. The van der Waals surface area contributed by atoms with Crippen molar-refractivity contribution in [1.82, 2.24) is 8.75 Å². The van der Waals surface area contributed by atoms with Crippen LogP contribution in [0.15, 0.2) is 66.7 Å². The molecule has 9 heteroatoms. The highest BCUT2D eigenvalue weighted by atomic mass is 32.2. The molecule has 0 bridgehead atoms. The molecule has 1 aromatic heterocycles. The van der Waals surface area contributed by atoms with Gasteiger partial charge >= 0.3 is 5.97 Å². The zero-order valence-corrected chi connectivity index (χ0v) is 17.5. The number of fused-ring (bicyclic) bond motifs is 1. The fourth-order valence-electron chi connectivity index (χ4n) is 3.19. The topological polar surface area (TPSA) is 95.5 Å². The minimum atomic E-state index is -2.74. The average Bonchev–Trinajstić information content (AvgIpc) is 3.20. The Kier molecular flexibility index (Phi) is 5.84. The minimum absolute atomic E-state index is 0.124. The van der Waals surface area contributed by atoms with Gasteiger partial charge in [-0.25, -0.2) is 4.79 Å². The smallest absolute Gasteiger partial charge is 0.340 e. The van der Waals surface area contributed by atoms with Crippen LogP contribution in [0.2, 0.25) is 0 Å². The Morgan fingerprint density at radius 3 is 2.40 bits per heavy atom. The van der Waals surface area contributed by atoms with Crippen LogP contribution in [-0.4, -0.2) is 30.6 Å². The normalized spacial score (nSPS) is 11.9. The van der Waals surface area contributed by atoms with Gasteiger partial charge in [0.25, 0.3) is 0 Å². The number of hydrogen-bond donors (Lipinski definition) is 0. The molecule has 152 valence electrons. The van der Waals surface area contributed by atoms with Crippen LogP contribution in [0, 0.1) is 0 Å². The number of benzene rings is 3. The van der Waals surface area contributed by atoms with Crippen LogP contribution in [-0.2, 0) is 22.4 Å². The third-order valence-corrected chi connectivity index (χ3v) is 5.80. The zero-order chi connectivity index (χ0) is 21.1. The molecule has 7 nitrogen and oxygen atoms in total. The molecule has 0 saturated heterocycles. The summed E-state index contributed by atoms with van der Waals surface area (Å²) in [5, 5.41) is 1.57. The van der Waals surface area contributed by atoms with E-state index >= 15 is 0 Å². The number of anilines is 2. The first-order valence-electron chi connectivity index (χ1n) is 8.94. The molecule has 3 aromatic carbocycles. The Bertz CT molecular complexity index is 1230. The molecular weight excluding hydrogens is 422 g/mol. The number of esters is 1. The van der Waals surface area contributed by atoms with E-state index in [0.29, 0.717) is 12.1 Å². The van der Waals surface area contributed by atoms with Gasteiger partial charge in [-0.1, -0.05) is 54.6 Å². The maximum Gasteiger partial charge on any atom is 0.340 e. The van der Waals surface area contributed by atoms with Crippen LogP contribution in [0.3, 0.4) is 0 Å². The van der Waals surface area contributed by atoms with E-state index in [9.17, 15) is 13.6 Å². The summed E-state index contributed by atoms with van der Waals surface area (Å²) >= 11 is -1.83. The van der Waals surface area contributed by atoms with Crippen molar-refractivity contribution in [3.63, 3.8) is 0 Å². The van der Waals surface area contributed by atoms with E-state index in [0.717, 1.165) is 32.4 Å². The van der Waals surface area contributed by atoms with Gasteiger partial charge in [0.2, 0.25) is 0 Å². The molecule has 0 aliphatic heterocycles. The van der Waals surface area contributed by atoms with Crippen molar-refractivity contribution >= 4 is 51.2 Å². The third kappa shape index (κ3) is 3.95. The third-order valence-electron chi connectivity index (χ3n) is 4.58. The van der Waals surface area contributed by atoms with E-state index < -0.39 is 17.2 Å². The Morgan fingerprint density at radius 1 is 1.07 bits per heavy atom. The summed E-state index contributed by atoms with van der Waals surface area (Å²) in [7, 11) is 1.25. The summed E-state index contributed by atoms with van der Waals surface area (Å²) < 4.78 is 39.0. The molecule has 4 aromatic rings. The molecule has 0 amide bonds. The highest BCUT2D eigenvalue weighted by Crippen LogP contribution is 2.35. The number of carbonyl (C=O) groups is 1. The first kappa shape index (κ1) is 20.1. The molecule has 30 heavy (non-hydrogen) atoms. The van der Waals surface area contributed by atoms with Gasteiger partial charge in [-0.3, -0.25) is 8.51 Å². The fraction of sp³-hybridized carbons (Fsp3) is 0.0952. The minimum Gasteiger partial charge on any atom is -0.755 e. The highest BCUT2D eigenvalue weighted by Gasteiger charge is 2.25. The lowest BCUT2D eigenvalue weighted by molar-refractivity contribution is 0.0602. The Morgan fingerprint density at radius 2 is 1.73 bits per heavy atom. The summed E-state index contributed by atoms with van der Waals surface area (Å²) in [5.74, 6) is -0.475. The molecular formula is C21H16N3O4S2-. The predicted octanol–water partition coefficient (Wildman–Crippen LogP) is 4.00. The number of carbonyl (C=O) groups excluding carboxylic acids is 1. The molecule has 0 N–H and O–H groups in total. The SMILES string of the molecule is COC(=O)c1cc2ccccc2cc1N(c1nsnc1Cc1ccccc1)S(=O)[O-]. The molecule has 0 aliphatic carbocycles. The summed E-state index contributed by atoms with van der Waals surface area (Å²) in [4.78, 5) is 12.5. The number of hydrogen-bond acceptors (Lipinski definition) is 7. The van der Waals surface area contributed by atoms with Gasteiger partial charge < -0.3 is 9.29 Å². The second-order valence-electron chi connectivity index (χ2n) is 6.42. The van der Waals surface area contributed by atoms with Gasteiger partial charge in [0, 0.05) is 6.42 Å². The van der Waals surface area contributed by atoms with Gasteiger partial charge in [-0.15, -0.1) is 0 Å². The predicted molar refractivity (Wildman–Crippen MR) is 116 cm³/mol. The van der Waals surface area contributed by atoms with Gasteiger partial charge in [0.15, 0.2) is 5.82 Å². The first-order valence-corrected chi connectivity index (χ1v) is 10.7. The van der Waals surface area contributed by atoms with Crippen LogP contribution < -0.4 is 4.31 Å². The van der Waals surface area contributed by atoms with E-state index in [1.54, 1.807) is 12.1 Å². The number of aromatic nitrogens is 2. The van der Waals surface area contributed by atoms with Crippen molar-refractivity contribution in [3.05, 3.63) is 83.6 Å². The maximum atomic E-state index is 12.5. The van der Waals surface area contributed by atoms with Gasteiger partial charge in [-0.05, 0) is 28.5 Å². The lowest BCUT2D eigenvalue weighted by Crippen LogP contribution is -2.24. The number of methoxy groups -OCH3 is 1. The summed E-state index contributed by atoms with van der Waals surface area (Å²) in [6, 6.07) is 20.2. The Balaban J connectivity index is 1.87. The molecule has 1 unspecified atom stereocenters. The van der Waals surface area contributed by atoms with Crippen LogP contribution in [0.4, 0.5) is 11.5 Å². The van der Waals surface area contributed by atoms with E-state index in [1.807, 2.05) is 54.6 Å². The van der Waals surface area contributed by atoms with Crippen LogP contribution in [0.25, 0.3) is 10.8 Å². The standard InChI is InChI=1S/C21H17N3O4S2/c1-28-21(25)17-12-15-9-5-6-10-16(15)13-19(17)24(30(26)27)20-18(22-29-23-20)11-14-7-3-2-4-8-14/h2-10,12-13H,11H2,1H3,(H,26,27)/p-1. The second-order valence-corrected chi connectivity index (χ2v) is 7.74. The molecule has 1 atom stereocenters. The van der Waals surface area contributed by atoms with E-state index in [4.69, 9.17) is 4.74 Å². The number of ether oxygens (including phenoxy) is 1.